The van der Waals surface area contributed by atoms with Gasteiger partial charge in [-0.3, -0.25) is 0 Å². The molecule has 0 radical (unpaired) electrons. The molecule has 4 aromatic rings. The molecular formula is C46H53Cl2SiZr. The quantitative estimate of drug-likeness (QED) is 0.118. The average molecular weight is 796 g/mol. The number of allylic oxidation sites excluding steroid dienone is 2. The molecule has 0 N–H and O–H groups in total. The third-order valence-electron chi connectivity index (χ3n) is 13.3. The van der Waals surface area contributed by atoms with Crippen molar-refractivity contribution in [2.45, 2.75) is 98.4 Å². The average Bonchev–Trinajstić information content (AvgIpc) is 3.97. The Bertz CT molecular complexity index is 1830. The third-order valence-corrected chi connectivity index (χ3v) is 65.2. The van der Waals surface area contributed by atoms with Crippen LogP contribution in [-0.2, 0) is 15.6 Å². The maximum absolute atomic E-state index is 8.99. The molecule has 0 saturated heterocycles. The number of benzene rings is 4. The minimum atomic E-state index is -4.94. The molecule has 0 heterocycles. The molecule has 2 unspecified atom stereocenters. The first-order valence-electron chi connectivity index (χ1n) is 19.5. The zero-order chi connectivity index (χ0) is 34.8. The minimum absolute atomic E-state index is 0.139. The fourth-order valence-corrected chi connectivity index (χ4v) is 41.7. The summed E-state index contributed by atoms with van der Waals surface area (Å²) in [4.78, 5) is 0. The number of hydrogen-bond acceptors (Lipinski definition) is 0. The molecule has 0 aromatic heterocycles. The number of halogens is 2. The summed E-state index contributed by atoms with van der Waals surface area (Å²) in [6.07, 6.45) is 17.9. The van der Waals surface area contributed by atoms with Crippen LogP contribution in [0.15, 0.2) is 108 Å². The molecule has 50 heavy (non-hydrogen) atoms. The van der Waals surface area contributed by atoms with Gasteiger partial charge in [-0.25, -0.2) is 0 Å². The first-order chi connectivity index (χ1) is 24.1. The van der Waals surface area contributed by atoms with E-state index in [2.05, 4.69) is 136 Å². The predicted octanol–water partition coefficient (Wildman–Crippen LogP) is 14.5. The zero-order valence-corrected chi connectivity index (χ0v) is 35.6. The Balaban J connectivity index is 1.35. The van der Waals surface area contributed by atoms with Gasteiger partial charge in [-0.05, 0) is 0 Å². The van der Waals surface area contributed by atoms with E-state index in [1.807, 2.05) is 0 Å². The SMILES string of the molecule is CCCC1(CC2=Cc3c(-c4ccccc4)cccc3[CH]2[Zr]([Cl])([Cl])([CH]2C(CC3(CCC)CC3)=Cc3c(-c4ccccc4)cccc32)[SiH](C)C)CC1. The molecule has 259 valence electrons. The molecule has 2 saturated carbocycles. The van der Waals surface area contributed by atoms with Crippen molar-refractivity contribution >= 4 is 35.1 Å². The Morgan fingerprint density at radius 3 is 1.32 bits per heavy atom. The van der Waals surface area contributed by atoms with Gasteiger partial charge in [0.1, 0.15) is 0 Å². The van der Waals surface area contributed by atoms with E-state index < -0.39 is 21.5 Å². The molecule has 2 fully saturated rings. The van der Waals surface area contributed by atoms with E-state index in [-0.39, 0.29) is 7.25 Å². The summed E-state index contributed by atoms with van der Waals surface area (Å²) in [7, 11) is 18.0. The Morgan fingerprint density at radius 1 is 0.580 bits per heavy atom. The van der Waals surface area contributed by atoms with E-state index in [1.54, 1.807) is 11.1 Å². The van der Waals surface area contributed by atoms with Crippen LogP contribution in [0.2, 0.25) is 13.1 Å². The number of rotatable bonds is 13. The van der Waals surface area contributed by atoms with Crippen LogP contribution in [0.3, 0.4) is 0 Å². The van der Waals surface area contributed by atoms with Gasteiger partial charge in [0.05, 0.1) is 0 Å². The Hall–Kier alpha value is -1.96. The van der Waals surface area contributed by atoms with Gasteiger partial charge < -0.3 is 0 Å². The van der Waals surface area contributed by atoms with E-state index in [0.29, 0.717) is 10.8 Å². The van der Waals surface area contributed by atoms with Gasteiger partial charge in [-0.15, -0.1) is 0 Å². The van der Waals surface area contributed by atoms with Crippen LogP contribution in [0.1, 0.15) is 108 Å². The summed E-state index contributed by atoms with van der Waals surface area (Å²) in [6.45, 7) is 9.77. The van der Waals surface area contributed by atoms with Gasteiger partial charge in [-0.1, -0.05) is 0 Å². The first kappa shape index (κ1) is 35.1. The van der Waals surface area contributed by atoms with Crippen LogP contribution in [0.4, 0.5) is 0 Å². The van der Waals surface area contributed by atoms with Gasteiger partial charge in [0.2, 0.25) is 0 Å². The molecule has 0 amide bonds. The maximum atomic E-state index is 8.99. The third kappa shape index (κ3) is 5.88. The van der Waals surface area contributed by atoms with Crippen molar-refractivity contribution in [2.75, 3.05) is 0 Å². The van der Waals surface area contributed by atoms with Crippen molar-refractivity contribution in [1.29, 1.82) is 0 Å². The Kier molecular flexibility index (Phi) is 9.24. The van der Waals surface area contributed by atoms with E-state index in [0.717, 1.165) is 12.8 Å². The van der Waals surface area contributed by atoms with Crippen molar-refractivity contribution in [3.8, 4) is 22.3 Å². The standard InChI is InChI=1S/2C22H23.C2H7Si.2ClH.Zr/c2*1-2-11-22(12-13-22)16-17-14-19-9-6-10-20(21(19)15-17)18-7-4-3-5-8-18;1-3-2;;;/h2*3-10,14-15H,2,11-13,16H2,1H3;3H,1-2H3;2*1H;/q;;;;;+2/p-2. The summed E-state index contributed by atoms with van der Waals surface area (Å²) in [5.41, 5.74) is 14.8. The molecule has 4 aromatic carbocycles. The monoisotopic (exact) mass is 793 g/mol. The van der Waals surface area contributed by atoms with Gasteiger partial charge in [0.25, 0.3) is 0 Å². The molecular weight excluding hydrogens is 743 g/mol. The van der Waals surface area contributed by atoms with Crippen LogP contribution in [0.5, 0.6) is 0 Å². The van der Waals surface area contributed by atoms with Crippen LogP contribution in [0, 0.1) is 10.8 Å². The molecule has 4 aliphatic carbocycles. The molecule has 8 rings (SSSR count). The summed E-state index contributed by atoms with van der Waals surface area (Å²) in [6, 6.07) is 36.1. The fraction of sp³-hybridized carbons (Fsp3) is 0.391. The molecule has 0 nitrogen and oxygen atoms in total. The zero-order valence-electron chi connectivity index (χ0n) is 30.5. The molecule has 4 aliphatic rings. The number of hydrogen-bond donors (Lipinski definition) is 0. The van der Waals surface area contributed by atoms with Crippen molar-refractivity contribution in [3.63, 3.8) is 0 Å². The fourth-order valence-electron chi connectivity index (χ4n) is 10.4. The molecule has 0 spiro atoms. The van der Waals surface area contributed by atoms with Crippen LogP contribution >= 0.6 is 17.0 Å². The Labute approximate surface area is 310 Å². The van der Waals surface area contributed by atoms with Crippen LogP contribution < -0.4 is 0 Å². The second-order valence-corrected chi connectivity index (χ2v) is 59.4. The van der Waals surface area contributed by atoms with Crippen molar-refractivity contribution in [2.24, 2.45) is 10.8 Å². The molecule has 4 heteroatoms. The van der Waals surface area contributed by atoms with Crippen LogP contribution in [-0.4, -0.2) is 5.92 Å². The Morgan fingerprint density at radius 2 is 0.980 bits per heavy atom. The summed E-state index contributed by atoms with van der Waals surface area (Å²) in [5, 5.41) is 0. The summed E-state index contributed by atoms with van der Waals surface area (Å²) < 4.78 is 0.279. The van der Waals surface area contributed by atoms with Gasteiger partial charge >= 0.3 is 313 Å². The summed E-state index contributed by atoms with van der Waals surface area (Å²) in [5.74, 6) is -1.66. The topological polar surface area (TPSA) is 0 Å². The van der Waals surface area contributed by atoms with E-state index in [9.17, 15) is 0 Å². The first-order valence-corrected chi connectivity index (χ1v) is 35.8. The second-order valence-electron chi connectivity index (χ2n) is 16.9. The van der Waals surface area contributed by atoms with Crippen LogP contribution in [0.25, 0.3) is 34.4 Å². The molecule has 0 aliphatic heterocycles. The van der Waals surface area contributed by atoms with Crippen molar-refractivity contribution in [3.05, 3.63) is 130 Å². The number of fused-ring (bicyclic) bond motifs is 2. The molecule has 2 atom stereocenters. The van der Waals surface area contributed by atoms with E-state index in [4.69, 9.17) is 17.0 Å². The van der Waals surface area contributed by atoms with Crippen molar-refractivity contribution < 1.29 is 15.6 Å². The van der Waals surface area contributed by atoms with Gasteiger partial charge in [0, 0.05) is 0 Å². The van der Waals surface area contributed by atoms with E-state index >= 15 is 0 Å². The molecule has 0 bridgehead atoms. The van der Waals surface area contributed by atoms with E-state index in [1.165, 1.54) is 95.9 Å². The van der Waals surface area contributed by atoms with Gasteiger partial charge in [-0.2, -0.15) is 0 Å². The van der Waals surface area contributed by atoms with Gasteiger partial charge in [0.15, 0.2) is 0 Å². The van der Waals surface area contributed by atoms with Crippen molar-refractivity contribution in [1.82, 2.24) is 0 Å². The summed E-state index contributed by atoms with van der Waals surface area (Å²) >= 11 is -4.94. The second kappa shape index (κ2) is 13.2. The predicted molar refractivity (Wildman–Crippen MR) is 218 cm³/mol. The normalized spacial score (nSPS) is 21.9.